The van der Waals surface area contributed by atoms with Crippen molar-refractivity contribution in [1.82, 2.24) is 0 Å². The average molecular weight is 223 g/mol. The Labute approximate surface area is 94.8 Å². The largest absolute Gasteiger partial charge is 0.399 e. The Hall–Kier alpha value is -1.62. The molecule has 0 aliphatic carbocycles. The van der Waals surface area contributed by atoms with Crippen LogP contribution in [0, 0.1) is 11.8 Å². The number of rotatable bonds is 6. The van der Waals surface area contributed by atoms with E-state index in [-0.39, 0.29) is 13.2 Å². The van der Waals surface area contributed by atoms with Gasteiger partial charge in [-0.2, -0.15) is 4.91 Å². The van der Waals surface area contributed by atoms with Crippen LogP contribution in [0.1, 0.15) is 5.56 Å². The number of nitroso groups, excluding NO2 is 1. The molecule has 1 aromatic carbocycles. The fraction of sp³-hybridized carbons (Fsp3) is 0.455. The molecule has 1 rings (SSSR count). The quantitative estimate of drug-likeness (QED) is 0.560. The van der Waals surface area contributed by atoms with E-state index in [0.717, 1.165) is 16.9 Å². The molecule has 5 heteroatoms. The summed E-state index contributed by atoms with van der Waals surface area (Å²) in [7, 11) is 0. The van der Waals surface area contributed by atoms with E-state index >= 15 is 0 Å². The van der Waals surface area contributed by atoms with E-state index < -0.39 is 0 Å². The van der Waals surface area contributed by atoms with Crippen molar-refractivity contribution in [3.05, 3.63) is 28.7 Å². The predicted molar refractivity (Wildman–Crippen MR) is 65.6 cm³/mol. The smallest absolute Gasteiger partial charge is 0.0986 e. The molecule has 0 aliphatic heterocycles. The van der Waals surface area contributed by atoms with Gasteiger partial charge < -0.3 is 15.7 Å². The zero-order valence-electron chi connectivity index (χ0n) is 9.39. The van der Waals surface area contributed by atoms with Gasteiger partial charge in [0.1, 0.15) is 0 Å². The van der Waals surface area contributed by atoms with Gasteiger partial charge in [-0.1, -0.05) is 5.18 Å². The highest BCUT2D eigenvalue weighted by Gasteiger charge is 2.06. The van der Waals surface area contributed by atoms with Crippen LogP contribution in [0.15, 0.2) is 23.4 Å². The Bertz CT molecular complexity index is 355. The molecule has 0 fully saturated rings. The summed E-state index contributed by atoms with van der Waals surface area (Å²) in [5.74, 6) is 0. The van der Waals surface area contributed by atoms with Gasteiger partial charge in [-0.15, -0.1) is 0 Å². The third-order valence-electron chi connectivity index (χ3n) is 2.45. The minimum Gasteiger partial charge on any atom is -0.399 e. The monoisotopic (exact) mass is 223 g/mol. The molecule has 0 saturated carbocycles. The SMILES string of the molecule is Cc1cc(N(CCO)CCN=O)ccc1N. The van der Waals surface area contributed by atoms with Crippen molar-refractivity contribution in [3.8, 4) is 0 Å². The summed E-state index contributed by atoms with van der Waals surface area (Å²) in [6.07, 6.45) is 0. The van der Waals surface area contributed by atoms with Gasteiger partial charge in [-0.3, -0.25) is 0 Å². The van der Waals surface area contributed by atoms with E-state index in [1.54, 1.807) is 0 Å². The minimum atomic E-state index is 0.0439. The molecule has 88 valence electrons. The number of aliphatic hydroxyl groups is 1. The van der Waals surface area contributed by atoms with Crippen LogP contribution in [0.25, 0.3) is 0 Å². The maximum atomic E-state index is 10.1. The molecular formula is C11H17N3O2. The summed E-state index contributed by atoms with van der Waals surface area (Å²) in [6, 6.07) is 5.64. The van der Waals surface area contributed by atoms with E-state index in [0.29, 0.717) is 13.1 Å². The maximum Gasteiger partial charge on any atom is 0.0986 e. The highest BCUT2D eigenvalue weighted by atomic mass is 16.3. The Morgan fingerprint density at radius 1 is 1.44 bits per heavy atom. The number of nitrogen functional groups attached to an aromatic ring is 1. The summed E-state index contributed by atoms with van der Waals surface area (Å²) < 4.78 is 0. The predicted octanol–water partition coefficient (Wildman–Crippen LogP) is 1.14. The van der Waals surface area contributed by atoms with Gasteiger partial charge in [0.15, 0.2) is 0 Å². The molecule has 0 heterocycles. The fourth-order valence-electron chi connectivity index (χ4n) is 1.51. The summed E-state index contributed by atoms with van der Waals surface area (Å²) in [4.78, 5) is 12.0. The van der Waals surface area contributed by atoms with E-state index in [2.05, 4.69) is 5.18 Å². The number of nitrogens with two attached hydrogens (primary N) is 1. The number of nitrogens with zero attached hydrogens (tertiary/aromatic N) is 2. The van der Waals surface area contributed by atoms with Crippen LogP contribution >= 0.6 is 0 Å². The van der Waals surface area contributed by atoms with Gasteiger partial charge in [0.05, 0.1) is 13.2 Å². The van der Waals surface area contributed by atoms with Crippen molar-refractivity contribution in [2.24, 2.45) is 5.18 Å². The van der Waals surface area contributed by atoms with Crippen molar-refractivity contribution >= 4 is 11.4 Å². The lowest BCUT2D eigenvalue weighted by Crippen LogP contribution is -2.29. The molecule has 0 aromatic heterocycles. The minimum absolute atomic E-state index is 0.0439. The number of benzene rings is 1. The Morgan fingerprint density at radius 3 is 2.75 bits per heavy atom. The van der Waals surface area contributed by atoms with Crippen molar-refractivity contribution in [2.45, 2.75) is 6.92 Å². The van der Waals surface area contributed by atoms with E-state index in [4.69, 9.17) is 10.8 Å². The van der Waals surface area contributed by atoms with E-state index in [1.807, 2.05) is 30.0 Å². The zero-order chi connectivity index (χ0) is 12.0. The molecule has 0 unspecified atom stereocenters. The summed E-state index contributed by atoms with van der Waals surface area (Å²) >= 11 is 0. The number of hydrogen-bond acceptors (Lipinski definition) is 5. The lowest BCUT2D eigenvalue weighted by Gasteiger charge is -2.23. The Balaban J connectivity index is 2.82. The number of aryl methyl sites for hydroxylation is 1. The first-order valence-corrected chi connectivity index (χ1v) is 5.20. The molecule has 0 spiro atoms. The van der Waals surface area contributed by atoms with E-state index in [1.165, 1.54) is 0 Å². The van der Waals surface area contributed by atoms with Gasteiger partial charge in [0, 0.05) is 24.5 Å². The maximum absolute atomic E-state index is 10.1. The number of aliphatic hydroxyl groups excluding tert-OH is 1. The van der Waals surface area contributed by atoms with Crippen LogP contribution in [-0.2, 0) is 0 Å². The van der Waals surface area contributed by atoms with Crippen molar-refractivity contribution in [3.63, 3.8) is 0 Å². The second-order valence-electron chi connectivity index (χ2n) is 3.60. The summed E-state index contributed by atoms with van der Waals surface area (Å²) in [5, 5.41) is 11.8. The number of anilines is 2. The molecule has 0 saturated heterocycles. The Morgan fingerprint density at radius 2 is 2.19 bits per heavy atom. The fourth-order valence-corrected chi connectivity index (χ4v) is 1.51. The standard InChI is InChI=1S/C11H17N3O2/c1-9-8-10(2-3-11(9)12)14(6-7-15)5-4-13-16/h2-3,8,15H,4-7,12H2,1H3. The first-order chi connectivity index (χ1) is 7.69. The molecule has 5 nitrogen and oxygen atoms in total. The molecule has 3 N–H and O–H groups in total. The van der Waals surface area contributed by atoms with Gasteiger partial charge in [-0.05, 0) is 30.7 Å². The first-order valence-electron chi connectivity index (χ1n) is 5.20. The Kier molecular flexibility index (Phi) is 4.72. The average Bonchev–Trinajstić information content (AvgIpc) is 2.28. The van der Waals surface area contributed by atoms with Gasteiger partial charge in [0.25, 0.3) is 0 Å². The second kappa shape index (κ2) is 6.07. The number of hydrogen-bond donors (Lipinski definition) is 2. The van der Waals surface area contributed by atoms with Crippen molar-refractivity contribution in [2.75, 3.05) is 36.9 Å². The molecule has 0 aliphatic rings. The van der Waals surface area contributed by atoms with Crippen molar-refractivity contribution < 1.29 is 5.11 Å². The molecule has 16 heavy (non-hydrogen) atoms. The topological polar surface area (TPSA) is 78.9 Å². The van der Waals surface area contributed by atoms with Gasteiger partial charge >= 0.3 is 0 Å². The zero-order valence-corrected chi connectivity index (χ0v) is 9.39. The molecule has 0 radical (unpaired) electrons. The molecule has 0 amide bonds. The van der Waals surface area contributed by atoms with Crippen LogP contribution in [0.2, 0.25) is 0 Å². The van der Waals surface area contributed by atoms with Crippen LogP contribution in [0.5, 0.6) is 0 Å². The third-order valence-corrected chi connectivity index (χ3v) is 2.45. The third kappa shape index (κ3) is 3.20. The van der Waals surface area contributed by atoms with Crippen LogP contribution in [-0.4, -0.2) is 31.3 Å². The molecule has 0 bridgehead atoms. The lowest BCUT2D eigenvalue weighted by atomic mass is 10.1. The van der Waals surface area contributed by atoms with Crippen LogP contribution in [0.4, 0.5) is 11.4 Å². The van der Waals surface area contributed by atoms with Gasteiger partial charge in [0.2, 0.25) is 0 Å². The highest BCUT2D eigenvalue weighted by molar-refractivity contribution is 5.58. The highest BCUT2D eigenvalue weighted by Crippen LogP contribution is 2.20. The first kappa shape index (κ1) is 12.4. The molecule has 0 atom stereocenters. The molecular weight excluding hydrogens is 206 g/mol. The lowest BCUT2D eigenvalue weighted by molar-refractivity contribution is 0.302. The normalized spacial score (nSPS) is 10.1. The summed E-state index contributed by atoms with van der Waals surface area (Å²) in [5.41, 5.74) is 8.40. The van der Waals surface area contributed by atoms with Crippen molar-refractivity contribution in [1.29, 1.82) is 0 Å². The summed E-state index contributed by atoms with van der Waals surface area (Å²) in [6.45, 7) is 3.17. The van der Waals surface area contributed by atoms with Crippen LogP contribution < -0.4 is 10.6 Å². The van der Waals surface area contributed by atoms with Crippen LogP contribution in [0.3, 0.4) is 0 Å². The second-order valence-corrected chi connectivity index (χ2v) is 3.60. The van der Waals surface area contributed by atoms with Gasteiger partial charge in [-0.25, -0.2) is 0 Å². The van der Waals surface area contributed by atoms with E-state index in [9.17, 15) is 4.91 Å². The molecule has 1 aromatic rings.